The second-order valence-corrected chi connectivity index (χ2v) is 7.14. The summed E-state index contributed by atoms with van der Waals surface area (Å²) in [5, 5.41) is 3.31. The monoisotopic (exact) mass is 342 g/mol. The number of amides is 1. The maximum Gasteiger partial charge on any atom is 0.410 e. The molecule has 0 aromatic rings. The van der Waals surface area contributed by atoms with Crippen molar-refractivity contribution in [3.63, 3.8) is 0 Å². The molecule has 1 rings (SSSR count). The van der Waals surface area contributed by atoms with E-state index in [4.69, 9.17) is 9.47 Å². The quantitative estimate of drug-likeness (QED) is 0.589. The fourth-order valence-electron chi connectivity index (χ4n) is 2.59. The van der Waals surface area contributed by atoms with Gasteiger partial charge in [-0.15, -0.1) is 0 Å². The van der Waals surface area contributed by atoms with E-state index in [-0.39, 0.29) is 6.09 Å². The van der Waals surface area contributed by atoms with Crippen LogP contribution in [-0.4, -0.2) is 80.9 Å². The summed E-state index contributed by atoms with van der Waals surface area (Å²) >= 11 is 0. The number of hydrogen-bond acceptors (Lipinski definition) is 4. The maximum atomic E-state index is 12.1. The van der Waals surface area contributed by atoms with Gasteiger partial charge in [0.1, 0.15) is 5.60 Å². The van der Waals surface area contributed by atoms with Crippen LogP contribution in [0.25, 0.3) is 0 Å². The van der Waals surface area contributed by atoms with E-state index in [1.165, 1.54) is 0 Å². The van der Waals surface area contributed by atoms with Crippen molar-refractivity contribution in [3.8, 4) is 0 Å². The molecule has 1 atom stereocenters. The first kappa shape index (κ1) is 20.5. The lowest BCUT2D eigenvalue weighted by molar-refractivity contribution is 0.0263. The SMILES string of the molecule is CCN(CCNC(=NC)N(C)CC1CCOC1)C(=O)OC(C)(C)C. The minimum Gasteiger partial charge on any atom is -0.444 e. The van der Waals surface area contributed by atoms with E-state index >= 15 is 0 Å². The Kier molecular flexibility index (Phi) is 8.31. The molecular formula is C17H34N4O3. The minimum absolute atomic E-state index is 0.279. The summed E-state index contributed by atoms with van der Waals surface area (Å²) in [5.74, 6) is 1.39. The van der Waals surface area contributed by atoms with E-state index in [9.17, 15) is 4.79 Å². The number of carbonyl (C=O) groups is 1. The molecule has 1 fully saturated rings. The molecule has 24 heavy (non-hydrogen) atoms. The first-order valence-electron chi connectivity index (χ1n) is 8.74. The summed E-state index contributed by atoms with van der Waals surface area (Å²) in [6.45, 7) is 12.0. The summed E-state index contributed by atoms with van der Waals surface area (Å²) in [6.07, 6.45) is 0.821. The summed E-state index contributed by atoms with van der Waals surface area (Å²) < 4.78 is 10.8. The molecule has 1 heterocycles. The molecule has 0 aromatic heterocycles. The molecule has 0 bridgehead atoms. The second kappa shape index (κ2) is 9.71. The van der Waals surface area contributed by atoms with E-state index in [2.05, 4.69) is 15.2 Å². The van der Waals surface area contributed by atoms with Gasteiger partial charge in [0.15, 0.2) is 5.96 Å². The summed E-state index contributed by atoms with van der Waals surface area (Å²) in [4.78, 5) is 20.2. The van der Waals surface area contributed by atoms with Crippen LogP contribution < -0.4 is 5.32 Å². The molecule has 1 aliphatic rings. The van der Waals surface area contributed by atoms with E-state index in [0.717, 1.165) is 32.1 Å². The number of aliphatic imine (C=N–C) groups is 1. The van der Waals surface area contributed by atoms with Gasteiger partial charge in [-0.25, -0.2) is 4.79 Å². The van der Waals surface area contributed by atoms with Crippen LogP contribution in [0.2, 0.25) is 0 Å². The van der Waals surface area contributed by atoms with Gasteiger partial charge in [-0.1, -0.05) is 0 Å². The Hall–Kier alpha value is -1.50. The fourth-order valence-corrected chi connectivity index (χ4v) is 2.59. The zero-order valence-corrected chi connectivity index (χ0v) is 16.1. The van der Waals surface area contributed by atoms with Crippen LogP contribution in [-0.2, 0) is 9.47 Å². The predicted molar refractivity (Wildman–Crippen MR) is 96.4 cm³/mol. The molecule has 0 aromatic carbocycles. The van der Waals surface area contributed by atoms with Crippen LogP contribution in [0.5, 0.6) is 0 Å². The van der Waals surface area contributed by atoms with Gasteiger partial charge in [-0.3, -0.25) is 4.99 Å². The number of ether oxygens (including phenoxy) is 2. The van der Waals surface area contributed by atoms with Gasteiger partial charge >= 0.3 is 6.09 Å². The number of likely N-dealkylation sites (N-methyl/N-ethyl adjacent to an activating group) is 1. The van der Waals surface area contributed by atoms with Crippen LogP contribution >= 0.6 is 0 Å². The highest BCUT2D eigenvalue weighted by Gasteiger charge is 2.21. The van der Waals surface area contributed by atoms with E-state index in [1.54, 1.807) is 11.9 Å². The fraction of sp³-hybridized carbons (Fsp3) is 0.882. The number of hydrogen-bond donors (Lipinski definition) is 1. The van der Waals surface area contributed by atoms with Gasteiger partial charge in [0, 0.05) is 52.8 Å². The van der Waals surface area contributed by atoms with E-state index in [1.807, 2.05) is 34.7 Å². The predicted octanol–water partition coefficient (Wildman–Crippen LogP) is 1.79. The van der Waals surface area contributed by atoms with Crippen molar-refractivity contribution in [2.45, 2.75) is 39.7 Å². The Labute approximate surface area is 146 Å². The number of nitrogens with zero attached hydrogens (tertiary/aromatic N) is 3. The molecule has 1 N–H and O–H groups in total. The summed E-state index contributed by atoms with van der Waals surface area (Å²) in [5.41, 5.74) is -0.475. The van der Waals surface area contributed by atoms with Crippen molar-refractivity contribution in [2.24, 2.45) is 10.9 Å². The average molecular weight is 342 g/mol. The standard InChI is InChI=1S/C17H34N4O3/c1-7-21(16(22)24-17(2,3)4)10-9-19-15(18-5)20(6)12-14-8-11-23-13-14/h14H,7-13H2,1-6H3,(H,18,19). The van der Waals surface area contributed by atoms with Crippen molar-refractivity contribution in [1.82, 2.24) is 15.1 Å². The normalized spacial score (nSPS) is 18.4. The van der Waals surface area contributed by atoms with Crippen LogP contribution in [0.4, 0.5) is 4.79 Å². The largest absolute Gasteiger partial charge is 0.444 e. The lowest BCUT2D eigenvalue weighted by Crippen LogP contribution is -2.45. The topological polar surface area (TPSA) is 66.4 Å². The van der Waals surface area contributed by atoms with Crippen molar-refractivity contribution in [3.05, 3.63) is 0 Å². The number of nitrogens with one attached hydrogen (secondary N) is 1. The smallest absolute Gasteiger partial charge is 0.410 e. The number of carbonyl (C=O) groups excluding carboxylic acids is 1. The Morgan fingerprint density at radius 3 is 2.62 bits per heavy atom. The molecular weight excluding hydrogens is 308 g/mol. The third kappa shape index (κ3) is 7.38. The minimum atomic E-state index is -0.475. The van der Waals surface area contributed by atoms with Crippen molar-refractivity contribution in [2.75, 3.05) is 53.5 Å². The highest BCUT2D eigenvalue weighted by molar-refractivity contribution is 5.79. The van der Waals surface area contributed by atoms with Gasteiger partial charge in [0.25, 0.3) is 0 Å². The van der Waals surface area contributed by atoms with E-state index in [0.29, 0.717) is 25.6 Å². The van der Waals surface area contributed by atoms with Gasteiger partial charge in [-0.2, -0.15) is 0 Å². The molecule has 140 valence electrons. The van der Waals surface area contributed by atoms with Crippen LogP contribution in [0.1, 0.15) is 34.1 Å². The lowest BCUT2D eigenvalue weighted by atomic mass is 10.1. The second-order valence-electron chi connectivity index (χ2n) is 7.14. The summed E-state index contributed by atoms with van der Waals surface area (Å²) in [7, 11) is 3.80. The van der Waals surface area contributed by atoms with Gasteiger partial charge in [0.2, 0.25) is 0 Å². The van der Waals surface area contributed by atoms with Crippen LogP contribution in [0.15, 0.2) is 4.99 Å². The molecule has 0 radical (unpaired) electrons. The molecule has 0 aliphatic carbocycles. The van der Waals surface area contributed by atoms with Gasteiger partial charge in [-0.05, 0) is 34.1 Å². The number of guanidine groups is 1. The first-order chi connectivity index (χ1) is 11.3. The van der Waals surface area contributed by atoms with Crippen molar-refractivity contribution in [1.29, 1.82) is 0 Å². The molecule has 0 spiro atoms. The zero-order valence-electron chi connectivity index (χ0n) is 16.1. The third-order valence-corrected chi connectivity index (χ3v) is 3.83. The van der Waals surface area contributed by atoms with Gasteiger partial charge < -0.3 is 24.6 Å². The van der Waals surface area contributed by atoms with Crippen LogP contribution in [0, 0.1) is 5.92 Å². The molecule has 7 heteroatoms. The van der Waals surface area contributed by atoms with Crippen molar-refractivity contribution < 1.29 is 14.3 Å². The lowest BCUT2D eigenvalue weighted by Gasteiger charge is -2.28. The van der Waals surface area contributed by atoms with Crippen LogP contribution in [0.3, 0.4) is 0 Å². The third-order valence-electron chi connectivity index (χ3n) is 3.83. The molecule has 7 nitrogen and oxygen atoms in total. The molecule has 1 aliphatic heterocycles. The zero-order chi connectivity index (χ0) is 18.2. The molecule has 1 amide bonds. The molecule has 1 unspecified atom stereocenters. The Bertz CT molecular complexity index is 415. The van der Waals surface area contributed by atoms with Gasteiger partial charge in [0.05, 0.1) is 6.61 Å². The Balaban J connectivity index is 2.39. The Morgan fingerprint density at radius 1 is 1.42 bits per heavy atom. The molecule has 1 saturated heterocycles. The Morgan fingerprint density at radius 2 is 2.12 bits per heavy atom. The molecule has 0 saturated carbocycles. The summed E-state index contributed by atoms with van der Waals surface area (Å²) in [6, 6.07) is 0. The highest BCUT2D eigenvalue weighted by atomic mass is 16.6. The first-order valence-corrected chi connectivity index (χ1v) is 8.74. The average Bonchev–Trinajstić information content (AvgIpc) is 2.98. The number of rotatable bonds is 6. The van der Waals surface area contributed by atoms with E-state index < -0.39 is 5.60 Å². The maximum absolute atomic E-state index is 12.1. The van der Waals surface area contributed by atoms with Crippen molar-refractivity contribution >= 4 is 12.1 Å². The highest BCUT2D eigenvalue weighted by Crippen LogP contribution is 2.13.